The van der Waals surface area contributed by atoms with E-state index in [0.717, 1.165) is 25.7 Å². The largest absolute Gasteiger partial charge is 0.341 e. The molecule has 28 heavy (non-hydrogen) atoms. The summed E-state index contributed by atoms with van der Waals surface area (Å²) in [6, 6.07) is 5.50. The van der Waals surface area contributed by atoms with Crippen LogP contribution in [-0.2, 0) is 14.6 Å². The Balaban J connectivity index is 2.24. The van der Waals surface area contributed by atoms with E-state index in [1.807, 2.05) is 0 Å². The number of hydrogen-bond acceptors (Lipinski definition) is 4. The van der Waals surface area contributed by atoms with E-state index in [4.69, 9.17) is 0 Å². The molecule has 0 saturated heterocycles. The van der Waals surface area contributed by atoms with E-state index in [1.165, 1.54) is 26.1 Å². The fourth-order valence-electron chi connectivity index (χ4n) is 3.56. The Kier molecular flexibility index (Phi) is 7.74. The zero-order valence-corrected chi connectivity index (χ0v) is 17.0. The van der Waals surface area contributed by atoms with Gasteiger partial charge in [-0.05, 0) is 42.5 Å². The van der Waals surface area contributed by atoms with Crippen molar-refractivity contribution in [3.8, 4) is 0 Å². The minimum absolute atomic E-state index is 0.0729. The van der Waals surface area contributed by atoms with Crippen LogP contribution < -0.4 is 10.6 Å². The Bertz CT molecular complexity index is 828. The SMILES string of the molecule is CNC(=O)NC(=O)C(CC1CCCC1)c1ccc(S(=O)(=O)CC(C)=CF)cc1. The number of imide groups is 1. The van der Waals surface area contributed by atoms with E-state index in [0.29, 0.717) is 17.9 Å². The van der Waals surface area contributed by atoms with E-state index in [9.17, 15) is 22.4 Å². The number of rotatable bonds is 7. The van der Waals surface area contributed by atoms with Gasteiger partial charge in [0, 0.05) is 7.05 Å². The summed E-state index contributed by atoms with van der Waals surface area (Å²) in [5.41, 5.74) is 0.776. The number of carbonyl (C=O) groups excluding carboxylic acids is 2. The van der Waals surface area contributed by atoms with Crippen LogP contribution in [0.15, 0.2) is 41.1 Å². The van der Waals surface area contributed by atoms with Crippen molar-refractivity contribution in [1.82, 2.24) is 10.6 Å². The zero-order valence-electron chi connectivity index (χ0n) is 16.2. The average Bonchev–Trinajstić information content (AvgIpc) is 3.18. The Morgan fingerprint density at radius 2 is 1.82 bits per heavy atom. The molecular formula is C20H27FN2O4S. The maximum atomic E-state index is 12.6. The highest BCUT2D eigenvalue weighted by molar-refractivity contribution is 7.91. The fourth-order valence-corrected chi connectivity index (χ4v) is 4.94. The predicted octanol–water partition coefficient (Wildman–Crippen LogP) is 3.45. The Morgan fingerprint density at radius 3 is 2.36 bits per heavy atom. The summed E-state index contributed by atoms with van der Waals surface area (Å²) in [5.74, 6) is -0.935. The fraction of sp³-hybridized carbons (Fsp3) is 0.500. The molecule has 1 aromatic rings. The predicted molar refractivity (Wildman–Crippen MR) is 105 cm³/mol. The molecule has 0 aliphatic heterocycles. The van der Waals surface area contributed by atoms with Gasteiger partial charge in [0.2, 0.25) is 5.91 Å². The molecule has 1 atom stereocenters. The number of amides is 3. The summed E-state index contributed by atoms with van der Waals surface area (Å²) in [6.07, 6.45) is 5.25. The highest BCUT2D eigenvalue weighted by Gasteiger charge is 2.28. The standard InChI is InChI=1S/C20H27FN2O4S/c1-14(12-21)13-28(26,27)17-9-7-16(8-10-17)18(11-15-5-3-4-6-15)19(24)23-20(25)22-2/h7-10,12,15,18H,3-6,11,13H2,1-2H3,(H2,22,23,24,25). The summed E-state index contributed by atoms with van der Waals surface area (Å²) in [6.45, 7) is 1.41. The van der Waals surface area contributed by atoms with Gasteiger partial charge in [-0.2, -0.15) is 0 Å². The number of urea groups is 1. The molecule has 3 amide bonds. The Morgan fingerprint density at radius 1 is 1.21 bits per heavy atom. The smallest absolute Gasteiger partial charge is 0.321 e. The van der Waals surface area contributed by atoms with Gasteiger partial charge in [0.1, 0.15) is 0 Å². The van der Waals surface area contributed by atoms with Crippen molar-refractivity contribution in [2.75, 3.05) is 12.8 Å². The summed E-state index contributed by atoms with van der Waals surface area (Å²) >= 11 is 0. The van der Waals surface area contributed by atoms with Gasteiger partial charge < -0.3 is 5.32 Å². The van der Waals surface area contributed by atoms with Crippen molar-refractivity contribution in [2.45, 2.75) is 49.8 Å². The van der Waals surface area contributed by atoms with Gasteiger partial charge in [-0.3, -0.25) is 10.1 Å². The molecular weight excluding hydrogens is 383 g/mol. The van der Waals surface area contributed by atoms with E-state index in [2.05, 4.69) is 10.6 Å². The first kappa shape index (κ1) is 22.1. The van der Waals surface area contributed by atoms with Gasteiger partial charge in [-0.25, -0.2) is 17.6 Å². The minimum atomic E-state index is -3.65. The summed E-state index contributed by atoms with van der Waals surface area (Å²) in [4.78, 5) is 24.3. The first-order valence-electron chi connectivity index (χ1n) is 9.38. The quantitative estimate of drug-likeness (QED) is 0.720. The van der Waals surface area contributed by atoms with Crippen LogP contribution in [0.2, 0.25) is 0 Å². The maximum absolute atomic E-state index is 12.6. The van der Waals surface area contributed by atoms with Crippen LogP contribution in [0.5, 0.6) is 0 Å². The number of hydrogen-bond donors (Lipinski definition) is 2. The molecule has 1 aliphatic rings. The number of carbonyl (C=O) groups is 2. The normalized spacial score (nSPS) is 16.6. The molecule has 1 saturated carbocycles. The van der Waals surface area contributed by atoms with E-state index in [1.54, 1.807) is 12.1 Å². The maximum Gasteiger partial charge on any atom is 0.321 e. The van der Waals surface area contributed by atoms with Gasteiger partial charge in [0.05, 0.1) is 22.9 Å². The molecule has 1 aromatic carbocycles. The third kappa shape index (κ3) is 5.89. The van der Waals surface area contributed by atoms with Gasteiger partial charge in [-0.15, -0.1) is 0 Å². The van der Waals surface area contributed by atoms with Crippen molar-refractivity contribution in [3.05, 3.63) is 41.7 Å². The molecule has 0 aromatic heterocycles. The molecule has 6 nitrogen and oxygen atoms in total. The molecule has 2 N–H and O–H groups in total. The van der Waals surface area contributed by atoms with Gasteiger partial charge in [-0.1, -0.05) is 37.8 Å². The lowest BCUT2D eigenvalue weighted by Gasteiger charge is -2.20. The van der Waals surface area contributed by atoms with Crippen molar-refractivity contribution in [3.63, 3.8) is 0 Å². The summed E-state index contributed by atoms with van der Waals surface area (Å²) < 4.78 is 37.2. The first-order valence-corrected chi connectivity index (χ1v) is 11.0. The van der Waals surface area contributed by atoms with E-state index in [-0.39, 0.29) is 16.8 Å². The number of nitrogens with one attached hydrogen (secondary N) is 2. The molecule has 1 fully saturated rings. The second-order valence-corrected chi connectivity index (χ2v) is 9.28. The van der Waals surface area contributed by atoms with Crippen LogP contribution >= 0.6 is 0 Å². The molecule has 154 valence electrons. The van der Waals surface area contributed by atoms with Crippen LogP contribution in [0.4, 0.5) is 9.18 Å². The molecule has 0 bridgehead atoms. The second kappa shape index (κ2) is 9.82. The lowest BCUT2D eigenvalue weighted by atomic mass is 9.87. The Labute approximate surface area is 165 Å². The van der Waals surface area contributed by atoms with E-state index < -0.39 is 33.4 Å². The molecule has 0 radical (unpaired) electrons. The number of benzene rings is 1. The van der Waals surface area contributed by atoms with Crippen LogP contribution in [0, 0.1) is 5.92 Å². The average molecular weight is 411 g/mol. The topological polar surface area (TPSA) is 92.3 Å². The second-order valence-electron chi connectivity index (χ2n) is 7.29. The molecule has 0 heterocycles. The lowest BCUT2D eigenvalue weighted by Crippen LogP contribution is -2.40. The summed E-state index contributed by atoms with van der Waals surface area (Å²) in [5, 5.41) is 4.69. The van der Waals surface area contributed by atoms with Crippen molar-refractivity contribution in [2.24, 2.45) is 5.92 Å². The van der Waals surface area contributed by atoms with Gasteiger partial charge in [0.25, 0.3) is 0 Å². The molecule has 2 rings (SSSR count). The van der Waals surface area contributed by atoms with Gasteiger partial charge in [0.15, 0.2) is 9.84 Å². The van der Waals surface area contributed by atoms with Crippen LogP contribution in [0.3, 0.4) is 0 Å². The highest BCUT2D eigenvalue weighted by Crippen LogP contribution is 2.34. The number of halogens is 1. The van der Waals surface area contributed by atoms with E-state index >= 15 is 0 Å². The molecule has 0 spiro atoms. The minimum Gasteiger partial charge on any atom is -0.341 e. The summed E-state index contributed by atoms with van der Waals surface area (Å²) in [7, 11) is -2.22. The first-order chi connectivity index (χ1) is 13.3. The number of sulfone groups is 1. The zero-order chi connectivity index (χ0) is 20.7. The molecule has 1 unspecified atom stereocenters. The highest BCUT2D eigenvalue weighted by atomic mass is 32.2. The monoisotopic (exact) mass is 410 g/mol. The Hall–Kier alpha value is -2.22. The van der Waals surface area contributed by atoms with Crippen molar-refractivity contribution in [1.29, 1.82) is 0 Å². The van der Waals surface area contributed by atoms with Crippen molar-refractivity contribution < 1.29 is 22.4 Å². The van der Waals surface area contributed by atoms with Crippen LogP contribution in [0.1, 0.15) is 50.5 Å². The third-order valence-electron chi connectivity index (χ3n) is 5.07. The van der Waals surface area contributed by atoms with Crippen LogP contribution in [-0.4, -0.2) is 33.2 Å². The third-order valence-corrected chi connectivity index (χ3v) is 6.90. The van der Waals surface area contributed by atoms with Gasteiger partial charge >= 0.3 is 6.03 Å². The molecule has 1 aliphatic carbocycles. The molecule has 8 heteroatoms. The van der Waals surface area contributed by atoms with Crippen molar-refractivity contribution >= 4 is 21.8 Å². The lowest BCUT2D eigenvalue weighted by molar-refractivity contribution is -0.121. The van der Waals surface area contributed by atoms with Crippen LogP contribution in [0.25, 0.3) is 0 Å².